The van der Waals surface area contributed by atoms with E-state index in [4.69, 9.17) is 10.8 Å². The van der Waals surface area contributed by atoms with Crippen LogP contribution < -0.4 is 16.4 Å². The third kappa shape index (κ3) is 4.17. The van der Waals surface area contributed by atoms with Crippen LogP contribution in [-0.4, -0.2) is 50.8 Å². The SMILES string of the molecule is CN1Cc2cc(C(=O)NCc3cnc(N)[nH]3)ccc2N[C@@H](CC(=O)O)C1=O. The molecule has 0 fully saturated rings. The maximum atomic E-state index is 12.4. The number of anilines is 2. The number of imidazole rings is 1. The minimum atomic E-state index is -1.06. The van der Waals surface area contributed by atoms with Gasteiger partial charge >= 0.3 is 5.97 Å². The van der Waals surface area contributed by atoms with Gasteiger partial charge in [-0.1, -0.05) is 0 Å². The van der Waals surface area contributed by atoms with Crippen molar-refractivity contribution < 1.29 is 19.5 Å². The number of fused-ring (bicyclic) bond motifs is 1. The summed E-state index contributed by atoms with van der Waals surface area (Å²) < 4.78 is 0. The van der Waals surface area contributed by atoms with E-state index in [1.165, 1.54) is 4.90 Å². The van der Waals surface area contributed by atoms with E-state index in [-0.39, 0.29) is 37.3 Å². The van der Waals surface area contributed by atoms with Crippen LogP contribution in [0, 0.1) is 0 Å². The number of carboxylic acids is 1. The smallest absolute Gasteiger partial charge is 0.305 e. The number of carbonyl (C=O) groups excluding carboxylic acids is 2. The van der Waals surface area contributed by atoms with Gasteiger partial charge in [0.15, 0.2) is 5.95 Å². The molecule has 0 radical (unpaired) electrons. The van der Waals surface area contributed by atoms with Crippen LogP contribution in [0.2, 0.25) is 0 Å². The standard InChI is InChI=1S/C17H20N6O4/c1-23-8-10-4-9(15(26)19-6-11-7-20-17(18)21-11)2-3-12(10)22-13(16(23)27)5-14(24)25/h2-4,7,13,22H,5-6,8H2,1H3,(H,19,26)(H,24,25)(H3,18,20,21)/t13-/m0/s1. The van der Waals surface area contributed by atoms with E-state index in [0.717, 1.165) is 5.56 Å². The molecule has 142 valence electrons. The summed E-state index contributed by atoms with van der Waals surface area (Å²) in [4.78, 5) is 43.9. The lowest BCUT2D eigenvalue weighted by atomic mass is 10.1. The molecule has 0 spiro atoms. The van der Waals surface area contributed by atoms with Crippen molar-refractivity contribution in [2.75, 3.05) is 18.1 Å². The molecular weight excluding hydrogens is 352 g/mol. The van der Waals surface area contributed by atoms with Crippen molar-refractivity contribution >= 4 is 29.4 Å². The fourth-order valence-electron chi connectivity index (χ4n) is 2.91. The Morgan fingerprint density at radius 1 is 1.44 bits per heavy atom. The molecular formula is C17H20N6O4. The zero-order valence-electron chi connectivity index (χ0n) is 14.7. The van der Waals surface area contributed by atoms with E-state index >= 15 is 0 Å². The molecule has 6 N–H and O–H groups in total. The highest BCUT2D eigenvalue weighted by Crippen LogP contribution is 2.24. The maximum absolute atomic E-state index is 12.4. The minimum Gasteiger partial charge on any atom is -0.481 e. The lowest BCUT2D eigenvalue weighted by Crippen LogP contribution is -2.39. The number of nitrogens with zero attached hydrogens (tertiary/aromatic N) is 2. The molecule has 10 nitrogen and oxygen atoms in total. The van der Waals surface area contributed by atoms with E-state index < -0.39 is 12.0 Å². The first-order valence-corrected chi connectivity index (χ1v) is 8.27. The Balaban J connectivity index is 1.75. The number of amides is 2. The number of aliphatic carboxylic acids is 1. The van der Waals surface area contributed by atoms with Gasteiger partial charge in [0, 0.05) is 24.8 Å². The molecule has 1 aromatic carbocycles. The number of likely N-dealkylation sites (N-methyl/N-ethyl adjacent to an activating group) is 1. The molecule has 3 rings (SSSR count). The predicted octanol–water partition coefficient (Wildman–Crippen LogP) is 0.149. The summed E-state index contributed by atoms with van der Waals surface area (Å²) in [5.41, 5.74) is 7.98. The molecule has 1 aliphatic rings. The molecule has 0 saturated heterocycles. The highest BCUT2D eigenvalue weighted by molar-refractivity contribution is 5.95. The molecule has 10 heteroatoms. The van der Waals surface area contributed by atoms with Gasteiger partial charge in [-0.25, -0.2) is 4.98 Å². The Hall–Kier alpha value is -3.56. The van der Waals surface area contributed by atoms with Crippen molar-refractivity contribution in [2.24, 2.45) is 0 Å². The highest BCUT2D eigenvalue weighted by atomic mass is 16.4. The number of hydrogen-bond acceptors (Lipinski definition) is 6. The number of H-pyrrole nitrogens is 1. The van der Waals surface area contributed by atoms with Crippen molar-refractivity contribution in [1.29, 1.82) is 0 Å². The molecule has 0 bridgehead atoms. The van der Waals surface area contributed by atoms with Crippen molar-refractivity contribution in [2.45, 2.75) is 25.6 Å². The zero-order chi connectivity index (χ0) is 19.6. The van der Waals surface area contributed by atoms with Crippen LogP contribution >= 0.6 is 0 Å². The summed E-state index contributed by atoms with van der Waals surface area (Å²) >= 11 is 0. The van der Waals surface area contributed by atoms with Crippen molar-refractivity contribution in [1.82, 2.24) is 20.2 Å². The third-order valence-corrected chi connectivity index (χ3v) is 4.25. The second kappa shape index (κ2) is 7.36. The van der Waals surface area contributed by atoms with Crippen LogP contribution in [0.5, 0.6) is 0 Å². The lowest BCUT2D eigenvalue weighted by molar-refractivity contribution is -0.141. The van der Waals surface area contributed by atoms with Crippen LogP contribution in [-0.2, 0) is 22.7 Å². The predicted molar refractivity (Wildman–Crippen MR) is 96.7 cm³/mol. The van der Waals surface area contributed by atoms with E-state index in [2.05, 4.69) is 20.6 Å². The van der Waals surface area contributed by atoms with E-state index in [1.807, 2.05) is 0 Å². The van der Waals surface area contributed by atoms with Crippen molar-refractivity contribution in [3.63, 3.8) is 0 Å². The summed E-state index contributed by atoms with van der Waals surface area (Å²) in [5.74, 6) is -1.38. The van der Waals surface area contributed by atoms with Gasteiger partial charge in [-0.3, -0.25) is 14.4 Å². The largest absolute Gasteiger partial charge is 0.481 e. The number of nitrogen functional groups attached to an aromatic ring is 1. The quantitative estimate of drug-likeness (QED) is 0.500. The number of hydrogen-bond donors (Lipinski definition) is 5. The number of nitrogens with two attached hydrogens (primary N) is 1. The van der Waals surface area contributed by atoms with Crippen molar-refractivity contribution in [3.05, 3.63) is 41.2 Å². The van der Waals surface area contributed by atoms with Crippen LogP contribution in [0.25, 0.3) is 0 Å². The van der Waals surface area contributed by atoms with Crippen LogP contribution in [0.4, 0.5) is 11.6 Å². The average molecular weight is 372 g/mol. The molecule has 0 aliphatic carbocycles. The van der Waals surface area contributed by atoms with E-state index in [9.17, 15) is 14.4 Å². The minimum absolute atomic E-state index is 0.247. The van der Waals surface area contributed by atoms with Gasteiger partial charge in [0.25, 0.3) is 5.91 Å². The molecule has 0 saturated carbocycles. The summed E-state index contributed by atoms with van der Waals surface area (Å²) in [5, 5.41) is 14.7. The van der Waals surface area contributed by atoms with Crippen LogP contribution in [0.3, 0.4) is 0 Å². The van der Waals surface area contributed by atoms with E-state index in [1.54, 1.807) is 31.4 Å². The Bertz CT molecular complexity index is 893. The summed E-state index contributed by atoms with van der Waals surface area (Å²) in [6.45, 7) is 0.521. The fraction of sp³-hybridized carbons (Fsp3) is 0.294. The van der Waals surface area contributed by atoms with Gasteiger partial charge < -0.3 is 31.4 Å². The molecule has 1 atom stereocenters. The van der Waals surface area contributed by atoms with Gasteiger partial charge in [0.2, 0.25) is 5.91 Å². The molecule has 0 unspecified atom stereocenters. The number of carbonyl (C=O) groups is 3. The fourth-order valence-corrected chi connectivity index (χ4v) is 2.91. The average Bonchev–Trinajstić information content (AvgIpc) is 2.99. The Morgan fingerprint density at radius 3 is 2.89 bits per heavy atom. The zero-order valence-corrected chi connectivity index (χ0v) is 14.7. The number of aromatic amines is 1. The Labute approximate surface area is 154 Å². The van der Waals surface area contributed by atoms with Gasteiger partial charge in [0.1, 0.15) is 6.04 Å². The second-order valence-corrected chi connectivity index (χ2v) is 6.34. The number of nitrogens with one attached hydrogen (secondary N) is 3. The number of benzene rings is 1. The third-order valence-electron chi connectivity index (χ3n) is 4.25. The second-order valence-electron chi connectivity index (χ2n) is 6.34. The molecule has 27 heavy (non-hydrogen) atoms. The lowest BCUT2D eigenvalue weighted by Gasteiger charge is -2.19. The number of carboxylic acid groups (broad SMARTS) is 1. The molecule has 2 amide bonds. The van der Waals surface area contributed by atoms with Gasteiger partial charge in [-0.05, 0) is 23.8 Å². The first-order chi connectivity index (χ1) is 12.8. The number of aromatic nitrogens is 2. The molecule has 2 aromatic rings. The van der Waals surface area contributed by atoms with E-state index in [0.29, 0.717) is 16.9 Å². The topological polar surface area (TPSA) is 153 Å². The molecule has 1 aromatic heterocycles. The Morgan fingerprint density at radius 2 is 2.22 bits per heavy atom. The summed E-state index contributed by atoms with van der Waals surface area (Å²) in [6, 6.07) is 4.14. The molecule has 2 heterocycles. The summed E-state index contributed by atoms with van der Waals surface area (Å²) in [7, 11) is 1.60. The normalized spacial score (nSPS) is 16.3. The molecule has 1 aliphatic heterocycles. The van der Waals surface area contributed by atoms with Crippen molar-refractivity contribution in [3.8, 4) is 0 Å². The monoisotopic (exact) mass is 372 g/mol. The number of rotatable bonds is 5. The van der Waals surface area contributed by atoms with Crippen LogP contribution in [0.15, 0.2) is 24.4 Å². The van der Waals surface area contributed by atoms with Gasteiger partial charge in [0.05, 0.1) is 24.9 Å². The maximum Gasteiger partial charge on any atom is 0.305 e. The van der Waals surface area contributed by atoms with Gasteiger partial charge in [-0.2, -0.15) is 0 Å². The highest BCUT2D eigenvalue weighted by Gasteiger charge is 2.29. The first kappa shape index (κ1) is 18.2. The summed E-state index contributed by atoms with van der Waals surface area (Å²) in [6.07, 6.45) is 1.22. The van der Waals surface area contributed by atoms with Gasteiger partial charge in [-0.15, -0.1) is 0 Å². The van der Waals surface area contributed by atoms with Crippen LogP contribution in [0.1, 0.15) is 28.0 Å². The Kier molecular flexibility index (Phi) is 4.97. The first-order valence-electron chi connectivity index (χ1n) is 8.27.